The molecule has 2 aromatic carbocycles. The third-order valence-corrected chi connectivity index (χ3v) is 7.52. The van der Waals surface area contributed by atoms with Crippen LogP contribution in [0.5, 0.6) is 0 Å². The number of benzene rings is 2. The van der Waals surface area contributed by atoms with Gasteiger partial charge in [0.1, 0.15) is 0 Å². The molecule has 0 spiro atoms. The van der Waals surface area contributed by atoms with Crippen LogP contribution >= 0.6 is 11.8 Å². The second-order valence-electron chi connectivity index (χ2n) is 8.85. The van der Waals surface area contributed by atoms with Gasteiger partial charge in [0.25, 0.3) is 11.1 Å². The van der Waals surface area contributed by atoms with Crippen LogP contribution in [0.15, 0.2) is 59.6 Å². The Labute approximate surface area is 209 Å². The molecule has 35 heavy (non-hydrogen) atoms. The van der Waals surface area contributed by atoms with Gasteiger partial charge < -0.3 is 9.47 Å². The van der Waals surface area contributed by atoms with Crippen LogP contribution in [-0.2, 0) is 11.3 Å². The monoisotopic (exact) mass is 485 g/mol. The number of hydrogen-bond donors (Lipinski definition) is 0. The number of hydrogen-bond acceptors (Lipinski definition) is 6. The van der Waals surface area contributed by atoms with E-state index in [0.717, 1.165) is 54.4 Å². The van der Waals surface area contributed by atoms with Gasteiger partial charge in [-0.05, 0) is 42.5 Å². The molecule has 0 aliphatic carbocycles. The molecule has 2 aliphatic rings. The quantitative estimate of drug-likeness (QED) is 0.472. The van der Waals surface area contributed by atoms with E-state index >= 15 is 0 Å². The van der Waals surface area contributed by atoms with Crippen molar-refractivity contribution in [2.45, 2.75) is 19.9 Å². The highest BCUT2D eigenvalue weighted by Crippen LogP contribution is 2.34. The number of anilines is 1. The molecule has 0 radical (unpaired) electrons. The maximum atomic E-state index is 13.2. The second kappa shape index (κ2) is 9.98. The van der Waals surface area contributed by atoms with Crippen LogP contribution in [-0.4, -0.2) is 58.4 Å². The van der Waals surface area contributed by atoms with Crippen molar-refractivity contribution in [1.29, 1.82) is 5.26 Å². The van der Waals surface area contributed by atoms with Crippen molar-refractivity contribution in [3.63, 3.8) is 0 Å². The average molecular weight is 486 g/mol. The Kier molecular flexibility index (Phi) is 6.62. The van der Waals surface area contributed by atoms with E-state index in [4.69, 9.17) is 5.26 Å². The summed E-state index contributed by atoms with van der Waals surface area (Å²) in [5, 5.41) is 9.75. The van der Waals surface area contributed by atoms with Gasteiger partial charge in [-0.15, -0.1) is 0 Å². The molecule has 0 saturated carbocycles. The molecular formula is C27H27N5O2S. The van der Waals surface area contributed by atoms with Crippen molar-refractivity contribution in [3.8, 4) is 6.07 Å². The molecule has 0 atom stereocenters. The number of aryl methyl sites for hydroxylation is 2. The number of amides is 2. The molecular weight excluding hydrogens is 458 g/mol. The number of piperazine rings is 1. The van der Waals surface area contributed by atoms with E-state index in [1.165, 1.54) is 16.2 Å². The first-order chi connectivity index (χ1) is 17.0. The minimum absolute atomic E-state index is 0.226. The molecule has 2 saturated heterocycles. The van der Waals surface area contributed by atoms with Gasteiger partial charge in [-0.2, -0.15) is 5.26 Å². The molecule has 7 nitrogen and oxygen atoms in total. The maximum Gasteiger partial charge on any atom is 0.294 e. The van der Waals surface area contributed by atoms with Crippen molar-refractivity contribution in [3.05, 3.63) is 70.8 Å². The Bertz CT molecular complexity index is 1350. The van der Waals surface area contributed by atoms with E-state index in [2.05, 4.69) is 41.0 Å². The maximum absolute atomic E-state index is 13.2. The fraction of sp³-hybridized carbons (Fsp3) is 0.296. The number of nitrogens with zero attached hydrogens (tertiary/aromatic N) is 5. The van der Waals surface area contributed by atoms with E-state index < -0.39 is 0 Å². The molecule has 0 N–H and O–H groups in total. The molecule has 2 aliphatic heterocycles. The van der Waals surface area contributed by atoms with Crippen molar-refractivity contribution >= 4 is 45.6 Å². The van der Waals surface area contributed by atoms with Crippen LogP contribution in [0.25, 0.3) is 17.0 Å². The summed E-state index contributed by atoms with van der Waals surface area (Å²) in [6, 6.07) is 18.5. The van der Waals surface area contributed by atoms with Gasteiger partial charge in [-0.25, -0.2) is 0 Å². The molecule has 0 bridgehead atoms. The smallest absolute Gasteiger partial charge is 0.294 e. The molecule has 178 valence electrons. The molecule has 3 heterocycles. The molecule has 0 unspecified atom stereocenters. The van der Waals surface area contributed by atoms with Crippen LogP contribution in [0.3, 0.4) is 0 Å². The molecule has 2 fully saturated rings. The van der Waals surface area contributed by atoms with E-state index in [9.17, 15) is 9.59 Å². The van der Waals surface area contributed by atoms with Crippen molar-refractivity contribution in [1.82, 2.24) is 14.4 Å². The lowest BCUT2D eigenvalue weighted by Gasteiger charge is -2.37. The Hall–Kier alpha value is -3.54. The van der Waals surface area contributed by atoms with Crippen LogP contribution in [0.4, 0.5) is 10.5 Å². The summed E-state index contributed by atoms with van der Waals surface area (Å²) >= 11 is 1.00. The summed E-state index contributed by atoms with van der Waals surface area (Å²) in [4.78, 5) is 32.2. The van der Waals surface area contributed by atoms with E-state index in [1.807, 2.05) is 47.2 Å². The third kappa shape index (κ3) is 4.70. The zero-order valence-corrected chi connectivity index (χ0v) is 20.5. The Morgan fingerprint density at radius 1 is 1.03 bits per heavy atom. The number of para-hydroxylation sites is 2. The van der Waals surface area contributed by atoms with Gasteiger partial charge in [-0.3, -0.25) is 19.4 Å². The number of fused-ring (bicyclic) bond motifs is 1. The van der Waals surface area contributed by atoms with Gasteiger partial charge in [0, 0.05) is 61.1 Å². The van der Waals surface area contributed by atoms with E-state index in [0.29, 0.717) is 24.5 Å². The lowest BCUT2D eigenvalue weighted by atomic mass is 10.1. The SMILES string of the molecule is Cc1ccccc1N1CCN(CN2C(=O)SC(=Cc3cn(CCC#N)c4ccccc34)C2=O)CC1. The Morgan fingerprint density at radius 3 is 2.54 bits per heavy atom. The summed E-state index contributed by atoms with van der Waals surface area (Å²) < 4.78 is 2.03. The average Bonchev–Trinajstić information content (AvgIpc) is 3.35. The number of carbonyl (C=O) groups excluding carboxylic acids is 2. The number of thioether (sulfide) groups is 1. The van der Waals surface area contributed by atoms with Gasteiger partial charge in [-0.1, -0.05) is 36.4 Å². The molecule has 1 aromatic heterocycles. The number of rotatable bonds is 6. The van der Waals surface area contributed by atoms with Crippen LogP contribution in [0, 0.1) is 18.3 Å². The van der Waals surface area contributed by atoms with E-state index in [-0.39, 0.29) is 11.1 Å². The summed E-state index contributed by atoms with van der Waals surface area (Å²) in [5.74, 6) is -0.241. The minimum Gasteiger partial charge on any atom is -0.369 e. The fourth-order valence-corrected chi connectivity index (χ4v) is 5.58. The first-order valence-electron chi connectivity index (χ1n) is 11.8. The van der Waals surface area contributed by atoms with Crippen molar-refractivity contribution in [2.75, 3.05) is 37.7 Å². The number of imide groups is 1. The molecule has 5 rings (SSSR count). The minimum atomic E-state index is -0.241. The van der Waals surface area contributed by atoms with E-state index in [1.54, 1.807) is 0 Å². The highest BCUT2D eigenvalue weighted by atomic mass is 32.2. The first-order valence-corrected chi connectivity index (χ1v) is 12.6. The zero-order valence-electron chi connectivity index (χ0n) is 19.7. The highest BCUT2D eigenvalue weighted by molar-refractivity contribution is 8.18. The lowest BCUT2D eigenvalue weighted by Crippen LogP contribution is -2.51. The Morgan fingerprint density at radius 2 is 1.77 bits per heavy atom. The predicted octanol–water partition coefficient (Wildman–Crippen LogP) is 4.68. The van der Waals surface area contributed by atoms with Gasteiger partial charge in [0.05, 0.1) is 24.1 Å². The topological polar surface area (TPSA) is 72.6 Å². The number of aromatic nitrogens is 1. The van der Waals surface area contributed by atoms with Gasteiger partial charge in [0.15, 0.2) is 0 Å². The van der Waals surface area contributed by atoms with Crippen molar-refractivity contribution in [2.24, 2.45) is 0 Å². The zero-order chi connectivity index (χ0) is 24.4. The van der Waals surface area contributed by atoms with Crippen molar-refractivity contribution < 1.29 is 9.59 Å². The summed E-state index contributed by atoms with van der Waals surface area (Å²) in [6.07, 6.45) is 4.18. The van der Waals surface area contributed by atoms with Crippen LogP contribution in [0.2, 0.25) is 0 Å². The number of nitriles is 1. The van der Waals surface area contributed by atoms with Crippen LogP contribution in [0.1, 0.15) is 17.5 Å². The molecule has 3 aromatic rings. The summed E-state index contributed by atoms with van der Waals surface area (Å²) in [5.41, 5.74) is 4.40. The number of carbonyl (C=O) groups is 2. The second-order valence-corrected chi connectivity index (χ2v) is 9.84. The van der Waals surface area contributed by atoms with Crippen LogP contribution < -0.4 is 4.90 Å². The molecule has 8 heteroatoms. The van der Waals surface area contributed by atoms with Gasteiger partial charge >= 0.3 is 0 Å². The first kappa shape index (κ1) is 23.2. The fourth-order valence-electron chi connectivity index (χ4n) is 4.76. The standard InChI is InChI=1S/C27H27N5O2S/c1-20-7-2-4-9-23(20)30-15-13-29(14-16-30)19-32-26(33)25(35-27(32)34)17-21-18-31(12-6-11-28)24-10-5-3-8-22(21)24/h2-5,7-10,17-18H,6,12-16,19H2,1H3. The Balaban J connectivity index is 1.28. The summed E-state index contributed by atoms with van der Waals surface area (Å²) in [6.45, 7) is 6.32. The van der Waals surface area contributed by atoms with Gasteiger partial charge in [0.2, 0.25) is 0 Å². The third-order valence-electron chi connectivity index (χ3n) is 6.61. The lowest BCUT2D eigenvalue weighted by molar-refractivity contribution is -0.124. The predicted molar refractivity (Wildman–Crippen MR) is 140 cm³/mol. The molecule has 2 amide bonds. The highest BCUT2D eigenvalue weighted by Gasteiger charge is 2.36. The summed E-state index contributed by atoms with van der Waals surface area (Å²) in [7, 11) is 0. The largest absolute Gasteiger partial charge is 0.369 e. The normalized spacial score (nSPS) is 18.1.